The summed E-state index contributed by atoms with van der Waals surface area (Å²) in [6.45, 7) is 10.8. The largest absolute Gasteiger partial charge is 0.212 e. The van der Waals surface area contributed by atoms with Gasteiger partial charge < -0.3 is 0 Å². The first-order valence-corrected chi connectivity index (χ1v) is 22.0. The highest BCUT2D eigenvalue weighted by atomic mass is 14.9. The van der Waals surface area contributed by atoms with Gasteiger partial charge in [-0.25, -0.2) is 13.7 Å². The van der Waals surface area contributed by atoms with E-state index in [-0.39, 0.29) is 0 Å². The quantitative estimate of drug-likeness (QED) is 0.142. The van der Waals surface area contributed by atoms with Gasteiger partial charge >= 0.3 is 0 Å². The third kappa shape index (κ3) is 10.8. The summed E-state index contributed by atoms with van der Waals surface area (Å²) in [4.78, 5) is 0. The highest BCUT2D eigenvalue weighted by Crippen LogP contribution is 2.26. The monoisotopic (exact) mass is 822 g/mol. The van der Waals surface area contributed by atoms with Gasteiger partial charge in [0.15, 0.2) is 18.6 Å². The summed E-state index contributed by atoms with van der Waals surface area (Å²) in [7, 11) is 6.33. The molecule has 0 N–H and O–H groups in total. The van der Waals surface area contributed by atoms with Crippen LogP contribution in [0, 0.1) is 27.7 Å². The van der Waals surface area contributed by atoms with E-state index in [1.165, 1.54) is 95.0 Å². The molecule has 0 aliphatic heterocycles. The van der Waals surface area contributed by atoms with Gasteiger partial charge in [0.05, 0.1) is 0 Å². The first-order valence-electron chi connectivity index (χ1n) is 22.0. The fraction of sp³-hybridized carbons (Fsp3) is 0.150. The Kier molecular flexibility index (Phi) is 14.3. The molecule has 3 nitrogen and oxygen atoms in total. The normalized spacial score (nSPS) is 10.6. The average Bonchev–Trinajstić information content (AvgIpc) is 3.31. The van der Waals surface area contributed by atoms with Gasteiger partial charge in [0.25, 0.3) is 0 Å². The smallest absolute Gasteiger partial charge is 0.200 e. The van der Waals surface area contributed by atoms with Crippen molar-refractivity contribution in [1.82, 2.24) is 0 Å². The van der Waals surface area contributed by atoms with Crippen LogP contribution in [0.3, 0.4) is 0 Å². The molecule has 0 aliphatic rings. The molecule has 3 aromatic heterocycles. The fourth-order valence-corrected chi connectivity index (χ4v) is 8.06. The predicted octanol–water partition coefficient (Wildman–Crippen LogP) is 13.3. The Balaban J connectivity index is 0.000000142. The third-order valence-corrected chi connectivity index (χ3v) is 11.9. The molecule has 0 spiro atoms. The second kappa shape index (κ2) is 20.6. The Morgan fingerprint density at radius 1 is 0.302 bits per heavy atom. The number of pyridine rings is 3. The van der Waals surface area contributed by atoms with Crippen molar-refractivity contribution in [2.45, 2.75) is 41.0 Å². The summed E-state index contributed by atoms with van der Waals surface area (Å²) >= 11 is 0. The molecule has 3 heteroatoms. The number of hydrogen-bond donors (Lipinski definition) is 0. The number of hydrogen-bond acceptors (Lipinski definition) is 0. The lowest BCUT2D eigenvalue weighted by molar-refractivity contribution is -0.660. The van der Waals surface area contributed by atoms with E-state index in [0.29, 0.717) is 0 Å². The number of aryl methyl sites for hydroxylation is 8. The molecule has 9 aromatic rings. The van der Waals surface area contributed by atoms with Gasteiger partial charge in [-0.1, -0.05) is 146 Å². The van der Waals surface area contributed by atoms with E-state index in [2.05, 4.69) is 270 Å². The summed E-state index contributed by atoms with van der Waals surface area (Å²) in [5, 5.41) is 0. The molecular weight excluding hydrogens is 763 g/mol. The van der Waals surface area contributed by atoms with Crippen molar-refractivity contribution in [3.8, 4) is 67.2 Å². The van der Waals surface area contributed by atoms with Crippen LogP contribution < -0.4 is 13.7 Å². The Morgan fingerprint density at radius 3 is 0.937 bits per heavy atom. The molecule has 0 bridgehead atoms. The molecule has 3 heterocycles. The molecule has 9 rings (SSSR count). The SMILES string of the molecule is CCc1ccc(-c2ccc(-c3ccccc3C)[n+](C)c2)cc1.Cc1ccc(-c2ccc(-c3ccccc3C)[n+](C)c2)cc1.Cc1ccccc1-c1ccc(-c2ccccc2)c[n+]1C. The lowest BCUT2D eigenvalue weighted by Gasteiger charge is -2.06. The zero-order valence-corrected chi connectivity index (χ0v) is 38.2. The van der Waals surface area contributed by atoms with Crippen molar-refractivity contribution in [1.29, 1.82) is 0 Å². The second-order valence-electron chi connectivity index (χ2n) is 16.5. The van der Waals surface area contributed by atoms with Crippen molar-refractivity contribution in [2.75, 3.05) is 0 Å². The summed E-state index contributed by atoms with van der Waals surface area (Å²) in [5.41, 5.74) is 21.7. The van der Waals surface area contributed by atoms with Crippen molar-refractivity contribution >= 4 is 0 Å². The number of rotatable bonds is 7. The minimum absolute atomic E-state index is 1.08. The van der Waals surface area contributed by atoms with Gasteiger partial charge in [-0.05, 0) is 109 Å². The van der Waals surface area contributed by atoms with Crippen LogP contribution in [-0.4, -0.2) is 0 Å². The van der Waals surface area contributed by atoms with Crippen LogP contribution in [0.5, 0.6) is 0 Å². The molecule has 0 atom stereocenters. The molecular formula is C60H60N3+3. The maximum absolute atomic E-state index is 2.21. The van der Waals surface area contributed by atoms with Gasteiger partial charge in [0.2, 0.25) is 17.1 Å². The number of nitrogens with zero attached hydrogens (tertiary/aromatic N) is 3. The maximum atomic E-state index is 2.21. The Bertz CT molecular complexity index is 2930. The van der Waals surface area contributed by atoms with E-state index in [1.807, 2.05) is 6.07 Å². The van der Waals surface area contributed by atoms with Crippen LogP contribution in [0.25, 0.3) is 67.2 Å². The van der Waals surface area contributed by atoms with E-state index in [0.717, 1.165) is 6.42 Å². The molecule has 63 heavy (non-hydrogen) atoms. The molecule has 0 amide bonds. The maximum Gasteiger partial charge on any atom is 0.212 e. The molecule has 0 aliphatic carbocycles. The van der Waals surface area contributed by atoms with Gasteiger partial charge in [-0.3, -0.25) is 0 Å². The lowest BCUT2D eigenvalue weighted by atomic mass is 10.0. The summed E-state index contributed by atoms with van der Waals surface area (Å²) in [6, 6.07) is 66.7. The molecule has 0 radical (unpaired) electrons. The van der Waals surface area contributed by atoms with Crippen molar-refractivity contribution in [2.24, 2.45) is 21.1 Å². The first kappa shape index (κ1) is 43.8. The number of benzene rings is 6. The molecule has 6 aromatic carbocycles. The summed E-state index contributed by atoms with van der Waals surface area (Å²) in [5.74, 6) is 0. The fourth-order valence-electron chi connectivity index (χ4n) is 8.06. The Labute approximate surface area is 375 Å². The first-order chi connectivity index (χ1) is 30.6. The minimum atomic E-state index is 1.08. The van der Waals surface area contributed by atoms with Crippen molar-refractivity contribution in [3.63, 3.8) is 0 Å². The highest BCUT2D eigenvalue weighted by Gasteiger charge is 2.16. The molecule has 0 unspecified atom stereocenters. The van der Waals surface area contributed by atoms with E-state index >= 15 is 0 Å². The minimum Gasteiger partial charge on any atom is -0.200 e. The van der Waals surface area contributed by atoms with E-state index < -0.39 is 0 Å². The standard InChI is InChI=1S/C21H22N.C20H20N.C19H18N/c1-4-17-9-11-18(12-10-17)19-13-14-21(22(3)15-19)20-8-6-5-7-16(20)2;1-15-8-10-17(11-9-15)18-12-13-20(21(3)14-18)19-7-5-4-6-16(19)2;1-15-8-6-7-11-18(15)19-13-12-17(14-20(19)2)16-9-4-3-5-10-16/h5-15H,4H2,1-3H3;4-14H,1-3H3;3-14H,1-2H3/q3*+1. The molecule has 0 saturated carbocycles. The summed E-state index contributed by atoms with van der Waals surface area (Å²) in [6.07, 6.45) is 7.69. The van der Waals surface area contributed by atoms with Gasteiger partial charge in [-0.2, -0.15) is 0 Å². The average molecular weight is 823 g/mol. The van der Waals surface area contributed by atoms with Gasteiger partial charge in [0, 0.05) is 51.6 Å². The molecule has 0 saturated heterocycles. The molecule has 312 valence electrons. The highest BCUT2D eigenvalue weighted by molar-refractivity contribution is 5.69. The van der Waals surface area contributed by atoms with E-state index in [9.17, 15) is 0 Å². The topological polar surface area (TPSA) is 11.6 Å². The van der Waals surface area contributed by atoms with Crippen LogP contribution >= 0.6 is 0 Å². The number of aromatic nitrogens is 3. The zero-order valence-electron chi connectivity index (χ0n) is 38.2. The second-order valence-corrected chi connectivity index (χ2v) is 16.5. The Morgan fingerprint density at radius 2 is 0.603 bits per heavy atom. The lowest BCUT2D eigenvalue weighted by Crippen LogP contribution is -2.30. The van der Waals surface area contributed by atoms with Crippen LogP contribution in [0.4, 0.5) is 0 Å². The van der Waals surface area contributed by atoms with Gasteiger partial charge in [0.1, 0.15) is 21.1 Å². The third-order valence-electron chi connectivity index (χ3n) is 11.9. The van der Waals surface area contributed by atoms with Crippen LogP contribution in [0.15, 0.2) is 207 Å². The van der Waals surface area contributed by atoms with Crippen LogP contribution in [-0.2, 0) is 27.6 Å². The van der Waals surface area contributed by atoms with Crippen LogP contribution in [0.2, 0.25) is 0 Å². The van der Waals surface area contributed by atoms with Crippen molar-refractivity contribution in [3.05, 3.63) is 234 Å². The van der Waals surface area contributed by atoms with E-state index in [4.69, 9.17) is 0 Å². The zero-order chi connectivity index (χ0) is 44.3. The predicted molar refractivity (Wildman–Crippen MR) is 264 cm³/mol. The van der Waals surface area contributed by atoms with Crippen LogP contribution in [0.1, 0.15) is 34.7 Å². The molecule has 0 fully saturated rings. The Hall–Kier alpha value is -7.23. The van der Waals surface area contributed by atoms with E-state index in [1.54, 1.807) is 0 Å². The van der Waals surface area contributed by atoms with Crippen molar-refractivity contribution < 1.29 is 13.7 Å². The van der Waals surface area contributed by atoms with Gasteiger partial charge in [-0.15, -0.1) is 0 Å². The summed E-state index contributed by atoms with van der Waals surface area (Å²) < 4.78 is 6.62.